The van der Waals surface area contributed by atoms with Gasteiger partial charge in [0.05, 0.1) is 5.56 Å². The number of piperidine rings is 1. The molecule has 3 rings (SSSR count). The average Bonchev–Trinajstić information content (AvgIpc) is 2.72. The standard InChI is InChI=1S/C17H24N2O2/c1-2-16(20)15-7-4-10-18(17(15)21)11-12-19-13-5-3-6-14(19)9-8-13/h4,7,10,13-14H,2-3,5-6,8-9,11-12H2,1H3. The van der Waals surface area contributed by atoms with E-state index in [1.54, 1.807) is 23.8 Å². The number of fused-ring (bicyclic) bond motifs is 2. The molecule has 0 N–H and O–H groups in total. The molecule has 2 fully saturated rings. The summed E-state index contributed by atoms with van der Waals surface area (Å²) in [5.74, 6) is -0.0626. The SMILES string of the molecule is CCC(=O)c1cccn(CCN2C3CCCC2CC3)c1=O. The molecular weight excluding hydrogens is 264 g/mol. The van der Waals surface area contributed by atoms with E-state index in [9.17, 15) is 9.59 Å². The van der Waals surface area contributed by atoms with Crippen LogP contribution in [0.5, 0.6) is 0 Å². The molecule has 0 aromatic carbocycles. The molecule has 2 saturated heterocycles. The van der Waals surface area contributed by atoms with Gasteiger partial charge in [-0.05, 0) is 37.8 Å². The van der Waals surface area contributed by atoms with Crippen molar-refractivity contribution in [3.8, 4) is 0 Å². The minimum absolute atomic E-state index is 0.0626. The van der Waals surface area contributed by atoms with Crippen molar-refractivity contribution in [3.05, 3.63) is 34.2 Å². The molecule has 0 amide bonds. The minimum atomic E-state index is -0.131. The Kier molecular flexibility index (Phi) is 4.24. The molecule has 2 atom stereocenters. The molecular formula is C17H24N2O2. The minimum Gasteiger partial charge on any atom is -0.314 e. The van der Waals surface area contributed by atoms with E-state index in [2.05, 4.69) is 4.90 Å². The Bertz CT molecular complexity index is 562. The molecule has 2 unspecified atom stereocenters. The van der Waals surface area contributed by atoms with Crippen LogP contribution in [0.2, 0.25) is 0 Å². The fourth-order valence-corrected chi connectivity index (χ4v) is 3.93. The Morgan fingerprint density at radius 2 is 1.90 bits per heavy atom. The van der Waals surface area contributed by atoms with Crippen LogP contribution in [0, 0.1) is 0 Å². The van der Waals surface area contributed by atoms with Crippen LogP contribution in [0.25, 0.3) is 0 Å². The predicted molar refractivity (Wildman–Crippen MR) is 82.7 cm³/mol. The molecule has 4 heteroatoms. The van der Waals surface area contributed by atoms with Gasteiger partial charge >= 0.3 is 0 Å². The van der Waals surface area contributed by atoms with Gasteiger partial charge in [-0.15, -0.1) is 0 Å². The number of carbonyl (C=O) groups excluding carboxylic acids is 1. The molecule has 114 valence electrons. The highest BCUT2D eigenvalue weighted by Crippen LogP contribution is 2.35. The van der Waals surface area contributed by atoms with Crippen molar-refractivity contribution in [2.45, 2.75) is 64.1 Å². The number of carbonyl (C=O) groups is 1. The number of nitrogens with zero attached hydrogens (tertiary/aromatic N) is 2. The Hall–Kier alpha value is -1.42. The molecule has 0 saturated carbocycles. The topological polar surface area (TPSA) is 42.3 Å². The van der Waals surface area contributed by atoms with Crippen molar-refractivity contribution in [3.63, 3.8) is 0 Å². The van der Waals surface area contributed by atoms with Gasteiger partial charge < -0.3 is 4.57 Å². The molecule has 2 bridgehead atoms. The maximum atomic E-state index is 12.3. The van der Waals surface area contributed by atoms with Gasteiger partial charge in [-0.25, -0.2) is 0 Å². The first-order valence-electron chi connectivity index (χ1n) is 8.19. The number of aromatic nitrogens is 1. The summed E-state index contributed by atoms with van der Waals surface area (Å²) in [6.07, 6.45) is 8.78. The smallest absolute Gasteiger partial charge is 0.261 e. The maximum Gasteiger partial charge on any atom is 0.261 e. The summed E-state index contributed by atoms with van der Waals surface area (Å²) in [6.45, 7) is 3.42. The summed E-state index contributed by atoms with van der Waals surface area (Å²) in [7, 11) is 0. The van der Waals surface area contributed by atoms with Crippen molar-refractivity contribution in [2.75, 3.05) is 6.54 Å². The predicted octanol–water partition coefficient (Wildman–Crippen LogP) is 2.46. The van der Waals surface area contributed by atoms with Crippen LogP contribution in [0.1, 0.15) is 55.8 Å². The Morgan fingerprint density at radius 3 is 2.57 bits per heavy atom. The highest BCUT2D eigenvalue weighted by Gasteiger charge is 2.35. The van der Waals surface area contributed by atoms with Crippen molar-refractivity contribution in [1.82, 2.24) is 9.47 Å². The normalized spacial score (nSPS) is 25.2. The van der Waals surface area contributed by atoms with Crippen molar-refractivity contribution >= 4 is 5.78 Å². The van der Waals surface area contributed by atoms with Crippen molar-refractivity contribution in [1.29, 1.82) is 0 Å². The quantitative estimate of drug-likeness (QED) is 0.782. The number of Topliss-reactive ketones (excluding diaryl/α,β-unsaturated/α-hetero) is 1. The summed E-state index contributed by atoms with van der Waals surface area (Å²) in [6, 6.07) is 4.91. The molecule has 4 nitrogen and oxygen atoms in total. The number of pyridine rings is 1. The molecule has 21 heavy (non-hydrogen) atoms. The van der Waals surface area contributed by atoms with E-state index in [4.69, 9.17) is 0 Å². The lowest BCUT2D eigenvalue weighted by atomic mass is 10.0. The number of hydrogen-bond acceptors (Lipinski definition) is 3. The first-order valence-corrected chi connectivity index (χ1v) is 8.19. The summed E-state index contributed by atoms with van der Waals surface area (Å²) in [5.41, 5.74) is 0.204. The van der Waals surface area contributed by atoms with Crippen LogP contribution < -0.4 is 5.56 Å². The van der Waals surface area contributed by atoms with E-state index in [0.29, 0.717) is 18.5 Å². The lowest BCUT2D eigenvalue weighted by molar-refractivity contribution is 0.0985. The molecule has 2 aliphatic rings. The average molecular weight is 288 g/mol. The fourth-order valence-electron chi connectivity index (χ4n) is 3.93. The first-order chi connectivity index (χ1) is 10.2. The second kappa shape index (κ2) is 6.14. The summed E-state index contributed by atoms with van der Waals surface area (Å²) in [5, 5.41) is 0. The van der Waals surface area contributed by atoms with Crippen LogP contribution in [0.4, 0.5) is 0 Å². The van der Waals surface area contributed by atoms with E-state index >= 15 is 0 Å². The molecule has 2 aliphatic heterocycles. The molecule has 0 aliphatic carbocycles. The van der Waals surface area contributed by atoms with Crippen LogP contribution in [0.15, 0.2) is 23.1 Å². The third-order valence-electron chi connectivity index (χ3n) is 5.09. The van der Waals surface area contributed by atoms with E-state index in [0.717, 1.165) is 18.6 Å². The molecule has 3 heterocycles. The van der Waals surface area contributed by atoms with E-state index in [1.165, 1.54) is 32.1 Å². The number of rotatable bonds is 5. The molecule has 1 aromatic rings. The zero-order valence-electron chi connectivity index (χ0n) is 12.8. The van der Waals surface area contributed by atoms with Gasteiger partial charge in [0.2, 0.25) is 0 Å². The first kappa shape index (κ1) is 14.5. The molecule has 1 aromatic heterocycles. The van der Waals surface area contributed by atoms with Gasteiger partial charge in [0.25, 0.3) is 5.56 Å². The zero-order valence-corrected chi connectivity index (χ0v) is 12.8. The van der Waals surface area contributed by atoms with Crippen LogP contribution in [-0.4, -0.2) is 33.9 Å². The van der Waals surface area contributed by atoms with Gasteiger partial charge in [-0.3, -0.25) is 14.5 Å². The summed E-state index contributed by atoms with van der Waals surface area (Å²) < 4.78 is 1.71. The van der Waals surface area contributed by atoms with E-state index in [-0.39, 0.29) is 11.3 Å². The third kappa shape index (κ3) is 2.82. The molecule has 0 radical (unpaired) electrons. The van der Waals surface area contributed by atoms with Gasteiger partial charge in [0.15, 0.2) is 5.78 Å². The van der Waals surface area contributed by atoms with E-state index < -0.39 is 0 Å². The maximum absolute atomic E-state index is 12.3. The third-order valence-corrected chi connectivity index (χ3v) is 5.09. The molecule has 0 spiro atoms. The van der Waals surface area contributed by atoms with Gasteiger partial charge in [-0.2, -0.15) is 0 Å². The van der Waals surface area contributed by atoms with Crippen LogP contribution in [0.3, 0.4) is 0 Å². The summed E-state index contributed by atoms with van der Waals surface area (Å²) in [4.78, 5) is 26.7. The Morgan fingerprint density at radius 1 is 1.19 bits per heavy atom. The fraction of sp³-hybridized carbons (Fsp3) is 0.647. The Labute approximate surface area is 125 Å². The Balaban J connectivity index is 1.71. The highest BCUT2D eigenvalue weighted by atomic mass is 16.1. The van der Waals surface area contributed by atoms with Gasteiger partial charge in [0.1, 0.15) is 0 Å². The van der Waals surface area contributed by atoms with Crippen LogP contribution in [-0.2, 0) is 6.54 Å². The van der Waals surface area contributed by atoms with Gasteiger partial charge in [0, 0.05) is 37.8 Å². The number of hydrogen-bond donors (Lipinski definition) is 0. The highest BCUT2D eigenvalue weighted by molar-refractivity contribution is 5.95. The van der Waals surface area contributed by atoms with Crippen molar-refractivity contribution in [2.24, 2.45) is 0 Å². The zero-order chi connectivity index (χ0) is 14.8. The lowest BCUT2D eigenvalue weighted by Crippen LogP contribution is -2.42. The lowest BCUT2D eigenvalue weighted by Gasteiger charge is -2.34. The van der Waals surface area contributed by atoms with Crippen LogP contribution >= 0.6 is 0 Å². The number of ketones is 1. The monoisotopic (exact) mass is 288 g/mol. The van der Waals surface area contributed by atoms with Crippen molar-refractivity contribution < 1.29 is 4.79 Å². The largest absolute Gasteiger partial charge is 0.314 e. The van der Waals surface area contributed by atoms with Gasteiger partial charge in [-0.1, -0.05) is 13.3 Å². The summed E-state index contributed by atoms with van der Waals surface area (Å²) >= 11 is 0. The second-order valence-electron chi connectivity index (χ2n) is 6.25. The second-order valence-corrected chi connectivity index (χ2v) is 6.25. The van der Waals surface area contributed by atoms with E-state index in [1.807, 2.05) is 6.07 Å².